The van der Waals surface area contributed by atoms with Crippen LogP contribution >= 0.6 is 0 Å². The fraction of sp³-hybridized carbons (Fsp3) is 0.316. The predicted octanol–water partition coefficient (Wildman–Crippen LogP) is 2.05. The Hall–Kier alpha value is -2.38. The average Bonchev–Trinajstić information content (AvgIpc) is 2.60. The second-order valence-electron chi connectivity index (χ2n) is 6.11. The van der Waals surface area contributed by atoms with Crippen molar-refractivity contribution >= 4 is 15.9 Å². The third-order valence-corrected chi connectivity index (χ3v) is 5.20. The Bertz CT molecular complexity index is 862. The second-order valence-corrected chi connectivity index (χ2v) is 8.04. The molecule has 0 bridgehead atoms. The van der Waals surface area contributed by atoms with E-state index in [1.165, 1.54) is 7.05 Å². The van der Waals surface area contributed by atoms with Gasteiger partial charge in [-0.2, -0.15) is 0 Å². The summed E-state index contributed by atoms with van der Waals surface area (Å²) in [6.45, 7) is 4.25. The molecule has 0 atom stereocenters. The minimum absolute atomic E-state index is 0.0532. The predicted molar refractivity (Wildman–Crippen MR) is 101 cm³/mol. The van der Waals surface area contributed by atoms with Gasteiger partial charge in [0, 0.05) is 6.54 Å². The molecule has 1 amide bonds. The van der Waals surface area contributed by atoms with Gasteiger partial charge in [0.15, 0.2) is 6.61 Å². The third kappa shape index (κ3) is 6.16. The van der Waals surface area contributed by atoms with Gasteiger partial charge >= 0.3 is 0 Å². The van der Waals surface area contributed by atoms with Crippen LogP contribution in [0.25, 0.3) is 0 Å². The number of amides is 1. The van der Waals surface area contributed by atoms with Gasteiger partial charge in [0.1, 0.15) is 5.75 Å². The molecule has 26 heavy (non-hydrogen) atoms. The standard InChI is InChI=1S/C19H24N2O4S/c1-14-4-9-18(15(2)10-14)25-12-19(22)21-11-16-5-7-17(8-6-16)13-26(23,24)20-3/h4-10,20H,11-13H2,1-3H3,(H,21,22). The summed E-state index contributed by atoms with van der Waals surface area (Å²) in [6.07, 6.45) is 0. The van der Waals surface area contributed by atoms with Crippen LogP contribution in [0.5, 0.6) is 5.75 Å². The van der Waals surface area contributed by atoms with Gasteiger partial charge in [-0.15, -0.1) is 0 Å². The molecular formula is C19H24N2O4S. The fourth-order valence-corrected chi connectivity index (χ4v) is 3.18. The highest BCUT2D eigenvalue weighted by Crippen LogP contribution is 2.18. The van der Waals surface area contributed by atoms with Crippen LogP contribution in [0.1, 0.15) is 22.3 Å². The molecule has 0 fully saturated rings. The summed E-state index contributed by atoms with van der Waals surface area (Å²) >= 11 is 0. The SMILES string of the molecule is CNS(=O)(=O)Cc1ccc(CNC(=O)COc2ccc(C)cc2C)cc1. The zero-order valence-electron chi connectivity index (χ0n) is 15.2. The van der Waals surface area contributed by atoms with Crippen LogP contribution < -0.4 is 14.8 Å². The minimum atomic E-state index is -3.29. The molecule has 6 nitrogen and oxygen atoms in total. The van der Waals surface area contributed by atoms with Gasteiger partial charge in [0.25, 0.3) is 5.91 Å². The molecule has 0 aliphatic rings. The molecule has 0 aliphatic carbocycles. The quantitative estimate of drug-likeness (QED) is 0.738. The monoisotopic (exact) mass is 376 g/mol. The summed E-state index contributed by atoms with van der Waals surface area (Å²) in [5.74, 6) is 0.410. The number of carbonyl (C=O) groups is 1. The van der Waals surface area contributed by atoms with Crippen LogP contribution in [-0.2, 0) is 27.1 Å². The lowest BCUT2D eigenvalue weighted by Gasteiger charge is -2.10. The minimum Gasteiger partial charge on any atom is -0.484 e. The zero-order chi connectivity index (χ0) is 19.2. The van der Waals surface area contributed by atoms with Gasteiger partial charge in [0.05, 0.1) is 5.75 Å². The van der Waals surface area contributed by atoms with E-state index in [1.807, 2.05) is 32.0 Å². The molecule has 0 aromatic heterocycles. The van der Waals surface area contributed by atoms with Crippen molar-refractivity contribution in [1.29, 1.82) is 0 Å². The zero-order valence-corrected chi connectivity index (χ0v) is 16.0. The maximum absolute atomic E-state index is 11.9. The molecule has 2 aromatic carbocycles. The molecule has 2 N–H and O–H groups in total. The van der Waals surface area contributed by atoms with E-state index < -0.39 is 10.0 Å². The number of ether oxygens (including phenoxy) is 1. The summed E-state index contributed by atoms with van der Waals surface area (Å²) < 4.78 is 30.9. The Morgan fingerprint density at radius 2 is 1.69 bits per heavy atom. The first-order chi connectivity index (χ1) is 12.3. The summed E-state index contributed by atoms with van der Waals surface area (Å²) in [6, 6.07) is 12.9. The Kier molecular flexibility index (Phi) is 6.76. The highest BCUT2D eigenvalue weighted by Gasteiger charge is 2.09. The van der Waals surface area contributed by atoms with Gasteiger partial charge in [-0.3, -0.25) is 4.79 Å². The first kappa shape index (κ1) is 19.9. The van der Waals surface area contributed by atoms with E-state index in [4.69, 9.17) is 4.74 Å². The number of rotatable bonds is 8. The van der Waals surface area contributed by atoms with Crippen molar-refractivity contribution in [3.63, 3.8) is 0 Å². The van der Waals surface area contributed by atoms with Crippen LogP contribution in [0.3, 0.4) is 0 Å². The van der Waals surface area contributed by atoms with Crippen LogP contribution in [0.4, 0.5) is 0 Å². The molecule has 0 unspecified atom stereocenters. The van der Waals surface area contributed by atoms with Gasteiger partial charge in [-0.05, 0) is 43.7 Å². The number of aryl methyl sites for hydroxylation is 2. The van der Waals surface area contributed by atoms with E-state index in [9.17, 15) is 13.2 Å². The summed E-state index contributed by atoms with van der Waals surface area (Å²) in [7, 11) is -1.90. The van der Waals surface area contributed by atoms with Crippen molar-refractivity contribution in [1.82, 2.24) is 10.0 Å². The number of hydrogen-bond donors (Lipinski definition) is 2. The molecule has 0 radical (unpaired) electrons. The molecule has 0 spiro atoms. The molecule has 140 valence electrons. The number of benzene rings is 2. The molecule has 0 heterocycles. The lowest BCUT2D eigenvalue weighted by Crippen LogP contribution is -2.28. The number of sulfonamides is 1. The lowest BCUT2D eigenvalue weighted by atomic mass is 10.1. The van der Waals surface area contributed by atoms with E-state index in [0.29, 0.717) is 17.9 Å². The summed E-state index contributed by atoms with van der Waals surface area (Å²) in [5.41, 5.74) is 3.71. The molecule has 2 aromatic rings. The van der Waals surface area contributed by atoms with Crippen LogP contribution in [0, 0.1) is 13.8 Å². The van der Waals surface area contributed by atoms with Gasteiger partial charge in [0.2, 0.25) is 10.0 Å². The number of carbonyl (C=O) groups excluding carboxylic acids is 1. The maximum atomic E-state index is 11.9. The molecule has 7 heteroatoms. The van der Waals surface area contributed by atoms with E-state index in [1.54, 1.807) is 24.3 Å². The smallest absolute Gasteiger partial charge is 0.258 e. The molecular weight excluding hydrogens is 352 g/mol. The first-order valence-electron chi connectivity index (χ1n) is 8.25. The topological polar surface area (TPSA) is 84.5 Å². The van der Waals surface area contributed by atoms with Crippen LogP contribution in [0.15, 0.2) is 42.5 Å². The van der Waals surface area contributed by atoms with Gasteiger partial charge in [-0.25, -0.2) is 13.1 Å². The van der Waals surface area contributed by atoms with E-state index in [2.05, 4.69) is 10.0 Å². The molecule has 0 saturated carbocycles. The summed E-state index contributed by atoms with van der Waals surface area (Å²) in [5, 5.41) is 2.78. The van der Waals surface area contributed by atoms with Crippen molar-refractivity contribution < 1.29 is 17.9 Å². The fourth-order valence-electron chi connectivity index (χ4n) is 2.40. The van der Waals surface area contributed by atoms with Crippen molar-refractivity contribution in [2.75, 3.05) is 13.7 Å². The van der Waals surface area contributed by atoms with Crippen molar-refractivity contribution in [2.45, 2.75) is 26.1 Å². The van der Waals surface area contributed by atoms with Gasteiger partial charge in [-0.1, -0.05) is 42.0 Å². The van der Waals surface area contributed by atoms with E-state index >= 15 is 0 Å². The van der Waals surface area contributed by atoms with Crippen LogP contribution in [0.2, 0.25) is 0 Å². The van der Waals surface area contributed by atoms with Crippen LogP contribution in [-0.4, -0.2) is 28.0 Å². The van der Waals surface area contributed by atoms with Crippen molar-refractivity contribution in [3.8, 4) is 5.75 Å². The first-order valence-corrected chi connectivity index (χ1v) is 9.90. The Labute approximate surface area is 154 Å². The normalized spacial score (nSPS) is 11.2. The summed E-state index contributed by atoms with van der Waals surface area (Å²) in [4.78, 5) is 11.9. The Morgan fingerprint density at radius 1 is 1.04 bits per heavy atom. The van der Waals surface area contributed by atoms with Crippen molar-refractivity contribution in [3.05, 3.63) is 64.7 Å². The largest absolute Gasteiger partial charge is 0.484 e. The molecule has 2 rings (SSSR count). The Balaban J connectivity index is 1.81. The number of hydrogen-bond acceptors (Lipinski definition) is 4. The van der Waals surface area contributed by atoms with E-state index in [0.717, 1.165) is 16.7 Å². The highest BCUT2D eigenvalue weighted by molar-refractivity contribution is 7.88. The third-order valence-electron chi connectivity index (χ3n) is 3.87. The molecule has 0 saturated heterocycles. The molecule has 0 aliphatic heterocycles. The number of nitrogens with one attached hydrogen (secondary N) is 2. The second kappa shape index (κ2) is 8.82. The highest BCUT2D eigenvalue weighted by atomic mass is 32.2. The van der Waals surface area contributed by atoms with E-state index in [-0.39, 0.29) is 18.3 Å². The lowest BCUT2D eigenvalue weighted by molar-refractivity contribution is -0.123. The average molecular weight is 376 g/mol. The van der Waals surface area contributed by atoms with Gasteiger partial charge < -0.3 is 10.1 Å². The maximum Gasteiger partial charge on any atom is 0.258 e. The Morgan fingerprint density at radius 3 is 2.31 bits per heavy atom. The van der Waals surface area contributed by atoms with Crippen molar-refractivity contribution in [2.24, 2.45) is 0 Å².